The fourth-order valence-electron chi connectivity index (χ4n) is 4.76. The largest absolute Gasteiger partial charge is 0.383 e. The summed E-state index contributed by atoms with van der Waals surface area (Å²) in [5.41, 5.74) is 3.02. The van der Waals surface area contributed by atoms with Gasteiger partial charge < -0.3 is 9.30 Å². The van der Waals surface area contributed by atoms with Crippen molar-refractivity contribution in [3.8, 4) is 0 Å². The number of likely N-dealkylation sites (N-methyl/N-ethyl adjacent to an activating group) is 1. The van der Waals surface area contributed by atoms with Crippen molar-refractivity contribution in [2.24, 2.45) is 5.92 Å². The fourth-order valence-corrected chi connectivity index (χ4v) is 4.76. The summed E-state index contributed by atoms with van der Waals surface area (Å²) in [6.07, 6.45) is 4.09. The van der Waals surface area contributed by atoms with Crippen LogP contribution >= 0.6 is 0 Å². The molecule has 2 aliphatic rings. The summed E-state index contributed by atoms with van der Waals surface area (Å²) >= 11 is 0. The Balaban J connectivity index is 1.49. The summed E-state index contributed by atoms with van der Waals surface area (Å²) in [6, 6.07) is 5.68. The molecule has 0 aromatic carbocycles. The van der Waals surface area contributed by atoms with Crippen molar-refractivity contribution in [3.63, 3.8) is 0 Å². The average Bonchev–Trinajstić information content (AvgIpc) is 2.69. The van der Waals surface area contributed by atoms with Gasteiger partial charge in [-0.1, -0.05) is 6.07 Å². The van der Waals surface area contributed by atoms with E-state index in [-0.39, 0.29) is 11.4 Å². The van der Waals surface area contributed by atoms with Gasteiger partial charge in [0.25, 0.3) is 5.56 Å². The van der Waals surface area contributed by atoms with Gasteiger partial charge in [-0.2, -0.15) is 0 Å². The second-order valence-corrected chi connectivity index (χ2v) is 8.43. The number of ether oxygens (including phenoxy) is 1. The number of hydrogen-bond acceptors (Lipinski definition) is 5. The number of hydrogen-bond donors (Lipinski definition) is 0. The lowest BCUT2D eigenvalue weighted by Gasteiger charge is -2.43. The third kappa shape index (κ3) is 4.57. The first-order chi connectivity index (χ1) is 14.0. The van der Waals surface area contributed by atoms with Crippen LogP contribution in [0.3, 0.4) is 0 Å². The van der Waals surface area contributed by atoms with E-state index in [1.165, 1.54) is 6.20 Å². The van der Waals surface area contributed by atoms with Gasteiger partial charge in [0.15, 0.2) is 0 Å². The highest BCUT2D eigenvalue weighted by Crippen LogP contribution is 2.35. The van der Waals surface area contributed by atoms with E-state index in [2.05, 4.69) is 20.9 Å². The molecule has 0 radical (unpaired) electrons. The Bertz CT molecular complexity index is 916. The number of fused-ring (bicyclic) bond motifs is 4. The topological polar surface area (TPSA) is 50.6 Å². The van der Waals surface area contributed by atoms with E-state index in [1.54, 1.807) is 19.4 Å². The van der Waals surface area contributed by atoms with Gasteiger partial charge in [-0.15, -0.1) is 0 Å². The Hall–Kier alpha value is -2.09. The highest BCUT2D eigenvalue weighted by molar-refractivity contribution is 5.22. The van der Waals surface area contributed by atoms with Gasteiger partial charge in [0, 0.05) is 69.8 Å². The average molecular weight is 400 g/mol. The zero-order chi connectivity index (χ0) is 20.4. The molecule has 0 aliphatic carbocycles. The lowest BCUT2D eigenvalue weighted by Crippen LogP contribution is -2.47. The van der Waals surface area contributed by atoms with Crippen molar-refractivity contribution in [2.45, 2.75) is 32.0 Å². The molecule has 1 fully saturated rings. The number of pyridine rings is 2. The van der Waals surface area contributed by atoms with Crippen LogP contribution in [-0.4, -0.2) is 59.7 Å². The van der Waals surface area contributed by atoms with Crippen LogP contribution in [0.5, 0.6) is 0 Å². The van der Waals surface area contributed by atoms with Crippen molar-refractivity contribution in [3.05, 3.63) is 63.6 Å². The first kappa shape index (κ1) is 20.2. The van der Waals surface area contributed by atoms with Crippen LogP contribution in [0, 0.1) is 11.7 Å². The van der Waals surface area contributed by atoms with Crippen LogP contribution in [0.4, 0.5) is 4.39 Å². The molecule has 1 saturated heterocycles. The Morgan fingerprint density at radius 1 is 1.28 bits per heavy atom. The standard InChI is InChI=1S/C22H29FN4O2/c1-25(5-6-29-2)14-18-3-4-21-19-7-17(13-27(21)22(18)28)12-26(15-19)11-16-8-20(23)10-24-9-16/h3-4,8-10,17,19H,5-7,11-15H2,1-2H3/t17-,19+/m0/s1. The molecular weight excluding hydrogens is 371 g/mol. The summed E-state index contributed by atoms with van der Waals surface area (Å²) in [5.74, 6) is 0.499. The molecule has 0 amide bonds. The maximum atomic E-state index is 13.5. The van der Waals surface area contributed by atoms with Gasteiger partial charge in [-0.25, -0.2) is 4.39 Å². The highest BCUT2D eigenvalue weighted by atomic mass is 19.1. The summed E-state index contributed by atoms with van der Waals surface area (Å²) in [5, 5.41) is 0. The molecule has 6 nitrogen and oxygen atoms in total. The number of likely N-dealkylation sites (tertiary alicyclic amines) is 1. The maximum absolute atomic E-state index is 13.5. The molecule has 156 valence electrons. The molecule has 0 unspecified atom stereocenters. The Labute approximate surface area is 170 Å². The molecule has 4 rings (SSSR count). The van der Waals surface area contributed by atoms with E-state index >= 15 is 0 Å². The maximum Gasteiger partial charge on any atom is 0.255 e. The van der Waals surface area contributed by atoms with E-state index in [9.17, 15) is 9.18 Å². The molecule has 2 aromatic heterocycles. The number of nitrogens with zero attached hydrogens (tertiary/aromatic N) is 4. The van der Waals surface area contributed by atoms with Crippen molar-refractivity contribution < 1.29 is 9.13 Å². The van der Waals surface area contributed by atoms with Crippen LogP contribution in [-0.2, 0) is 24.4 Å². The molecular formula is C22H29FN4O2. The Morgan fingerprint density at radius 3 is 2.93 bits per heavy atom. The van der Waals surface area contributed by atoms with Crippen molar-refractivity contribution in [1.29, 1.82) is 0 Å². The van der Waals surface area contributed by atoms with Gasteiger partial charge in [0.2, 0.25) is 0 Å². The van der Waals surface area contributed by atoms with Crippen LogP contribution in [0.25, 0.3) is 0 Å². The van der Waals surface area contributed by atoms with Gasteiger partial charge in [0.1, 0.15) is 5.82 Å². The zero-order valence-electron chi connectivity index (χ0n) is 17.2. The van der Waals surface area contributed by atoms with Gasteiger partial charge in [-0.3, -0.25) is 19.6 Å². The second kappa shape index (κ2) is 8.73. The third-order valence-corrected chi connectivity index (χ3v) is 6.04. The SMILES string of the molecule is COCCN(C)Cc1ccc2n(c1=O)C[C@H]1C[C@@H]2CN(Cc2cncc(F)c2)C1. The Kier molecular flexibility index (Phi) is 6.08. The van der Waals surface area contributed by atoms with Gasteiger partial charge in [-0.05, 0) is 37.1 Å². The number of aromatic nitrogens is 2. The summed E-state index contributed by atoms with van der Waals surface area (Å²) in [6.45, 7) is 5.37. The van der Waals surface area contributed by atoms with Crippen LogP contribution < -0.4 is 5.56 Å². The minimum absolute atomic E-state index is 0.143. The number of piperidine rings is 1. The summed E-state index contributed by atoms with van der Waals surface area (Å²) in [7, 11) is 3.70. The van der Waals surface area contributed by atoms with Gasteiger partial charge in [0.05, 0.1) is 12.8 Å². The van der Waals surface area contributed by atoms with E-state index in [1.807, 2.05) is 17.7 Å². The van der Waals surface area contributed by atoms with Crippen molar-refractivity contribution >= 4 is 0 Å². The molecule has 0 spiro atoms. The summed E-state index contributed by atoms with van der Waals surface area (Å²) in [4.78, 5) is 21.6. The summed E-state index contributed by atoms with van der Waals surface area (Å²) < 4.78 is 20.6. The zero-order valence-corrected chi connectivity index (χ0v) is 17.2. The third-order valence-electron chi connectivity index (χ3n) is 6.04. The fraction of sp³-hybridized carbons (Fsp3) is 0.545. The Morgan fingerprint density at radius 2 is 2.14 bits per heavy atom. The van der Waals surface area contributed by atoms with E-state index < -0.39 is 0 Å². The molecule has 4 heterocycles. The minimum atomic E-state index is -0.292. The molecule has 2 aromatic rings. The second-order valence-electron chi connectivity index (χ2n) is 8.43. The quantitative estimate of drug-likeness (QED) is 0.712. The first-order valence-corrected chi connectivity index (χ1v) is 10.3. The van der Waals surface area contributed by atoms with E-state index in [4.69, 9.17) is 4.74 Å². The van der Waals surface area contributed by atoms with Crippen LogP contribution in [0.2, 0.25) is 0 Å². The van der Waals surface area contributed by atoms with Crippen LogP contribution in [0.1, 0.15) is 29.2 Å². The monoisotopic (exact) mass is 400 g/mol. The predicted octanol–water partition coefficient (Wildman–Crippen LogP) is 2.08. The van der Waals surface area contributed by atoms with E-state index in [0.29, 0.717) is 31.5 Å². The smallest absolute Gasteiger partial charge is 0.255 e. The lowest BCUT2D eigenvalue weighted by molar-refractivity contribution is 0.114. The molecule has 29 heavy (non-hydrogen) atoms. The van der Waals surface area contributed by atoms with Crippen LogP contribution in [0.15, 0.2) is 35.4 Å². The van der Waals surface area contributed by atoms with Crippen molar-refractivity contribution in [2.75, 3.05) is 40.4 Å². The van der Waals surface area contributed by atoms with E-state index in [0.717, 1.165) is 49.4 Å². The molecule has 0 saturated carbocycles. The number of rotatable bonds is 7. The first-order valence-electron chi connectivity index (χ1n) is 10.3. The number of halogens is 1. The normalized spacial score (nSPS) is 21.4. The molecule has 2 atom stereocenters. The molecule has 0 N–H and O–H groups in total. The molecule has 7 heteroatoms. The lowest BCUT2D eigenvalue weighted by atomic mass is 9.83. The van der Waals surface area contributed by atoms with Gasteiger partial charge >= 0.3 is 0 Å². The number of methoxy groups -OCH3 is 1. The van der Waals surface area contributed by atoms with Crippen molar-refractivity contribution in [1.82, 2.24) is 19.4 Å². The highest BCUT2D eigenvalue weighted by Gasteiger charge is 2.34. The predicted molar refractivity (Wildman–Crippen MR) is 109 cm³/mol. The minimum Gasteiger partial charge on any atom is -0.383 e. The molecule has 2 aliphatic heterocycles. The molecule has 2 bridgehead atoms.